The summed E-state index contributed by atoms with van der Waals surface area (Å²) in [5.41, 5.74) is -6.53. The van der Waals surface area contributed by atoms with E-state index in [4.69, 9.17) is 8.92 Å². The zero-order chi connectivity index (χ0) is 21.9. The largest absolute Gasteiger partial charge is 0.480 e. The van der Waals surface area contributed by atoms with Crippen molar-refractivity contribution >= 4 is 26.3 Å². The van der Waals surface area contributed by atoms with Crippen LogP contribution in [-0.4, -0.2) is 40.0 Å². The maximum Gasteiger partial charge on any atom is 0.480 e. The van der Waals surface area contributed by atoms with E-state index >= 15 is 0 Å². The van der Waals surface area contributed by atoms with Crippen molar-refractivity contribution in [3.05, 3.63) is 4.13 Å². The SMILES string of the molecule is O=C(OC12CC3CC(C1)C(OS(=O)(=O)[N-]S(=O)(=O)C(F)(F)F)C(C3)C2)C1CCCC1. The predicted molar refractivity (Wildman–Crippen MR) is 96.5 cm³/mol. The maximum absolute atomic E-state index is 12.6. The fourth-order valence-electron chi connectivity index (χ4n) is 5.96. The Balaban J connectivity index is 1.45. The molecule has 0 heterocycles. The predicted octanol–water partition coefficient (Wildman–Crippen LogP) is 3.15. The number of hydrogen-bond acceptors (Lipinski definition) is 7. The first-order chi connectivity index (χ1) is 13.8. The van der Waals surface area contributed by atoms with Crippen LogP contribution in [0.25, 0.3) is 4.13 Å². The monoisotopic (exact) mass is 474 g/mol. The van der Waals surface area contributed by atoms with E-state index < -0.39 is 37.5 Å². The fraction of sp³-hybridized carbons (Fsp3) is 0.941. The van der Waals surface area contributed by atoms with E-state index in [1.165, 1.54) is 0 Å². The highest BCUT2D eigenvalue weighted by atomic mass is 32.3. The van der Waals surface area contributed by atoms with Crippen LogP contribution >= 0.6 is 0 Å². The standard InChI is InChI=1S/C17H23F3NO7S2/c18-17(19,20)29(23,24)21-30(25,26)28-14-12-5-10-6-13(14)9-16(7-10,8-12)27-15(22)11-3-1-2-4-11/h10-14H,1-9H2/q-1. The summed E-state index contributed by atoms with van der Waals surface area (Å²) in [4.78, 5) is 12.6. The van der Waals surface area contributed by atoms with Gasteiger partial charge in [-0.3, -0.25) is 8.98 Å². The molecule has 0 amide bonds. The summed E-state index contributed by atoms with van der Waals surface area (Å²) in [7, 11) is -11.5. The van der Waals surface area contributed by atoms with Crippen LogP contribution in [0.3, 0.4) is 0 Å². The first-order valence-corrected chi connectivity index (χ1v) is 12.8. The summed E-state index contributed by atoms with van der Waals surface area (Å²) in [5.74, 6) is -0.850. The summed E-state index contributed by atoms with van der Waals surface area (Å²) in [6.45, 7) is 0. The van der Waals surface area contributed by atoms with Crippen molar-refractivity contribution in [2.24, 2.45) is 23.7 Å². The molecule has 13 heteroatoms. The van der Waals surface area contributed by atoms with Crippen molar-refractivity contribution in [3.63, 3.8) is 0 Å². The molecule has 5 aliphatic carbocycles. The zero-order valence-electron chi connectivity index (χ0n) is 16.0. The number of alkyl halides is 3. The zero-order valence-corrected chi connectivity index (χ0v) is 17.6. The van der Waals surface area contributed by atoms with Gasteiger partial charge in [-0.15, -0.1) is 0 Å². The van der Waals surface area contributed by atoms with Crippen LogP contribution in [0.2, 0.25) is 0 Å². The minimum Gasteiger partial charge on any atom is -0.459 e. The van der Waals surface area contributed by atoms with Crippen LogP contribution in [0.4, 0.5) is 13.2 Å². The molecule has 5 aliphatic rings. The van der Waals surface area contributed by atoms with Gasteiger partial charge < -0.3 is 8.86 Å². The Morgan fingerprint density at radius 3 is 2.07 bits per heavy atom. The Bertz CT molecular complexity index is 896. The van der Waals surface area contributed by atoms with Gasteiger partial charge in [-0.25, -0.2) is 16.8 Å². The van der Waals surface area contributed by atoms with Crippen LogP contribution in [0.15, 0.2) is 0 Å². The van der Waals surface area contributed by atoms with Crippen LogP contribution in [0.1, 0.15) is 57.8 Å². The molecule has 0 aromatic rings. The van der Waals surface area contributed by atoms with Gasteiger partial charge in [-0.1, -0.05) is 12.8 Å². The second kappa shape index (κ2) is 7.31. The van der Waals surface area contributed by atoms with Gasteiger partial charge in [0, 0.05) is 0 Å². The van der Waals surface area contributed by atoms with Crippen LogP contribution in [0, 0.1) is 23.7 Å². The molecule has 4 bridgehead atoms. The average Bonchev–Trinajstić information content (AvgIpc) is 3.10. The number of halogens is 3. The molecule has 5 saturated carbocycles. The number of nitrogens with zero attached hydrogens (tertiary/aromatic N) is 1. The molecule has 2 atom stereocenters. The third-order valence-electron chi connectivity index (χ3n) is 6.85. The smallest absolute Gasteiger partial charge is 0.459 e. The molecular formula is C17H23F3NO7S2-. The third-order valence-corrected chi connectivity index (χ3v) is 9.42. The average molecular weight is 474 g/mol. The number of ether oxygens (including phenoxy) is 1. The van der Waals surface area contributed by atoms with Crippen LogP contribution < -0.4 is 0 Å². The highest BCUT2D eigenvalue weighted by Gasteiger charge is 2.58. The summed E-state index contributed by atoms with van der Waals surface area (Å²) in [6.07, 6.45) is 5.15. The van der Waals surface area contributed by atoms with E-state index in [1.807, 2.05) is 4.13 Å². The molecule has 172 valence electrons. The van der Waals surface area contributed by atoms with Gasteiger partial charge in [-0.05, 0) is 62.7 Å². The van der Waals surface area contributed by atoms with E-state index in [1.54, 1.807) is 0 Å². The quantitative estimate of drug-likeness (QED) is 0.543. The minimum atomic E-state index is -6.23. The number of carbonyl (C=O) groups is 1. The van der Waals surface area contributed by atoms with Crippen LogP contribution in [0.5, 0.6) is 0 Å². The second-order valence-corrected chi connectivity index (χ2v) is 12.1. The molecule has 0 spiro atoms. The molecule has 0 radical (unpaired) electrons. The van der Waals surface area contributed by atoms with Crippen LogP contribution in [-0.2, 0) is 34.0 Å². The van der Waals surface area contributed by atoms with Gasteiger partial charge >= 0.3 is 11.5 Å². The Hall–Kier alpha value is -0.920. The normalized spacial score (nSPS) is 36.9. The van der Waals surface area contributed by atoms with Crippen molar-refractivity contribution < 1.29 is 43.7 Å². The van der Waals surface area contributed by atoms with Crippen molar-refractivity contribution in [3.8, 4) is 0 Å². The summed E-state index contributed by atoms with van der Waals surface area (Å²) in [6, 6.07) is 0. The molecule has 2 unspecified atom stereocenters. The van der Waals surface area contributed by atoms with Gasteiger partial charge in [0.1, 0.15) is 5.60 Å². The van der Waals surface area contributed by atoms with E-state index in [0.29, 0.717) is 32.1 Å². The molecule has 0 N–H and O–H groups in total. The Labute approximate surface area is 173 Å². The molecule has 8 nitrogen and oxygen atoms in total. The number of sulfonamides is 1. The molecular weight excluding hydrogens is 451 g/mol. The molecule has 5 rings (SSSR count). The van der Waals surface area contributed by atoms with Crippen molar-refractivity contribution in [1.29, 1.82) is 0 Å². The Kier molecular flexibility index (Phi) is 5.43. The molecule has 5 fully saturated rings. The Morgan fingerprint density at radius 2 is 1.53 bits per heavy atom. The van der Waals surface area contributed by atoms with Gasteiger partial charge in [0.2, 0.25) is 10.3 Å². The van der Waals surface area contributed by atoms with Gasteiger partial charge in [0.25, 0.3) is 0 Å². The summed E-state index contributed by atoms with van der Waals surface area (Å²) >= 11 is 0. The number of carbonyl (C=O) groups excluding carboxylic acids is 1. The Morgan fingerprint density at radius 1 is 0.967 bits per heavy atom. The maximum atomic E-state index is 12.6. The fourth-order valence-corrected chi connectivity index (χ4v) is 8.00. The highest BCUT2D eigenvalue weighted by molar-refractivity contribution is 8.10. The number of rotatable bonds is 6. The summed E-state index contributed by atoms with van der Waals surface area (Å²) in [5, 5.41) is 0. The first-order valence-electron chi connectivity index (χ1n) is 10.0. The number of hydrogen-bond donors (Lipinski definition) is 0. The van der Waals surface area contributed by atoms with Crippen molar-refractivity contribution in [2.45, 2.75) is 75.0 Å². The molecule has 0 aromatic carbocycles. The molecule has 0 aliphatic heterocycles. The molecule has 0 aromatic heterocycles. The van der Waals surface area contributed by atoms with E-state index in [0.717, 1.165) is 25.7 Å². The lowest BCUT2D eigenvalue weighted by Gasteiger charge is -2.58. The lowest BCUT2D eigenvalue weighted by molar-refractivity contribution is -0.205. The van der Waals surface area contributed by atoms with Gasteiger partial charge in [0.15, 0.2) is 10.0 Å². The van der Waals surface area contributed by atoms with E-state index in [9.17, 15) is 34.8 Å². The first kappa shape index (κ1) is 22.3. The van der Waals surface area contributed by atoms with E-state index in [-0.39, 0.29) is 29.6 Å². The van der Waals surface area contributed by atoms with Gasteiger partial charge in [0.05, 0.1) is 12.0 Å². The third kappa shape index (κ3) is 4.22. The number of esters is 1. The minimum absolute atomic E-state index is 0.114. The molecule has 0 saturated heterocycles. The second-order valence-electron chi connectivity index (χ2n) is 9.04. The molecule has 30 heavy (non-hydrogen) atoms. The topological polar surface area (TPSA) is 118 Å². The van der Waals surface area contributed by atoms with Crippen molar-refractivity contribution in [1.82, 2.24) is 0 Å². The highest BCUT2D eigenvalue weighted by Crippen LogP contribution is 2.58. The van der Waals surface area contributed by atoms with Crippen molar-refractivity contribution in [2.75, 3.05) is 0 Å². The summed E-state index contributed by atoms with van der Waals surface area (Å²) < 4.78 is 96.4. The van der Waals surface area contributed by atoms with E-state index in [2.05, 4.69) is 0 Å². The lowest BCUT2D eigenvalue weighted by atomic mass is 9.53. The van der Waals surface area contributed by atoms with Gasteiger partial charge in [-0.2, -0.15) is 13.2 Å². The lowest BCUT2D eigenvalue weighted by Crippen LogP contribution is -2.59.